The van der Waals surface area contributed by atoms with Crippen molar-refractivity contribution >= 4 is 17.9 Å². The molecule has 3 amide bonds. The molecule has 7 heteroatoms. The molecule has 4 bridgehead atoms. The first-order chi connectivity index (χ1) is 12.4. The third-order valence-electron chi connectivity index (χ3n) is 6.65. The molecule has 5 fully saturated rings. The number of hydrogen-bond acceptors (Lipinski definition) is 3. The quantitative estimate of drug-likeness (QED) is 0.641. The standard InChI is InChI=1S/C19H29N3O4/c23-16(22(11-17(24)25)15-1-2-15)3-4-20-18(26)21-19-8-12-5-13(9-19)7-14(6-12)10-19/h12-15H,1-11H2,(H,24,25)(H2,20,21,26). The van der Waals surface area contributed by atoms with E-state index in [1.807, 2.05) is 0 Å². The smallest absolute Gasteiger partial charge is 0.323 e. The summed E-state index contributed by atoms with van der Waals surface area (Å²) < 4.78 is 0. The summed E-state index contributed by atoms with van der Waals surface area (Å²) in [7, 11) is 0. The van der Waals surface area contributed by atoms with Crippen molar-refractivity contribution in [3.63, 3.8) is 0 Å². The number of carboxylic acids is 1. The Kier molecular flexibility index (Phi) is 4.57. The van der Waals surface area contributed by atoms with Crippen LogP contribution in [-0.4, -0.2) is 52.6 Å². The molecule has 0 aromatic carbocycles. The SMILES string of the molecule is O=C(O)CN(C(=O)CCNC(=O)NC12CC3CC(CC(C3)C1)C2)C1CC1. The van der Waals surface area contributed by atoms with Crippen molar-refractivity contribution in [2.24, 2.45) is 17.8 Å². The van der Waals surface area contributed by atoms with Crippen LogP contribution in [0.1, 0.15) is 57.8 Å². The van der Waals surface area contributed by atoms with E-state index in [9.17, 15) is 14.4 Å². The fourth-order valence-electron chi connectivity index (χ4n) is 5.93. The Hall–Kier alpha value is -1.79. The van der Waals surface area contributed by atoms with Crippen molar-refractivity contribution in [1.82, 2.24) is 15.5 Å². The summed E-state index contributed by atoms with van der Waals surface area (Å²) in [6, 6.07) is -0.115. The number of aliphatic carboxylic acids is 1. The lowest BCUT2D eigenvalue weighted by Crippen LogP contribution is -2.61. The van der Waals surface area contributed by atoms with Crippen molar-refractivity contribution in [3.8, 4) is 0 Å². The van der Waals surface area contributed by atoms with Crippen LogP contribution in [0, 0.1) is 17.8 Å². The molecule has 0 spiro atoms. The minimum Gasteiger partial charge on any atom is -0.480 e. The molecule has 0 aromatic rings. The molecule has 7 nitrogen and oxygen atoms in total. The number of rotatable bonds is 7. The van der Waals surface area contributed by atoms with Crippen LogP contribution >= 0.6 is 0 Å². The van der Waals surface area contributed by atoms with Gasteiger partial charge in [0.05, 0.1) is 0 Å². The average molecular weight is 363 g/mol. The maximum atomic E-state index is 12.4. The Labute approximate surface area is 153 Å². The van der Waals surface area contributed by atoms with E-state index in [2.05, 4.69) is 10.6 Å². The van der Waals surface area contributed by atoms with Crippen molar-refractivity contribution in [3.05, 3.63) is 0 Å². The number of urea groups is 1. The number of carboxylic acid groups (broad SMARTS) is 1. The molecule has 0 aromatic heterocycles. The van der Waals surface area contributed by atoms with Gasteiger partial charge in [-0.15, -0.1) is 0 Å². The van der Waals surface area contributed by atoms with Gasteiger partial charge in [-0.25, -0.2) is 4.79 Å². The van der Waals surface area contributed by atoms with Gasteiger partial charge >= 0.3 is 12.0 Å². The summed E-state index contributed by atoms with van der Waals surface area (Å²) in [5, 5.41) is 15.0. The molecule has 5 aliphatic rings. The topological polar surface area (TPSA) is 98.7 Å². The van der Waals surface area contributed by atoms with Gasteiger partial charge in [-0.2, -0.15) is 0 Å². The van der Waals surface area contributed by atoms with Crippen LogP contribution in [0.25, 0.3) is 0 Å². The second kappa shape index (κ2) is 6.74. The first-order valence-corrected chi connectivity index (χ1v) is 10.00. The molecular weight excluding hydrogens is 334 g/mol. The number of carbonyl (C=O) groups excluding carboxylic acids is 2. The van der Waals surface area contributed by atoms with E-state index in [0.717, 1.165) is 49.9 Å². The Morgan fingerprint density at radius 3 is 2.08 bits per heavy atom. The lowest BCUT2D eigenvalue weighted by Gasteiger charge is -2.56. The van der Waals surface area contributed by atoms with E-state index in [-0.39, 0.29) is 43.0 Å². The third kappa shape index (κ3) is 3.81. The molecule has 0 unspecified atom stereocenters. The molecule has 5 rings (SSSR count). The molecule has 0 saturated heterocycles. The van der Waals surface area contributed by atoms with E-state index < -0.39 is 5.97 Å². The van der Waals surface area contributed by atoms with Crippen LogP contribution in [0.2, 0.25) is 0 Å². The van der Waals surface area contributed by atoms with Crippen LogP contribution in [0.3, 0.4) is 0 Å². The molecule has 144 valence electrons. The van der Waals surface area contributed by atoms with E-state index in [4.69, 9.17) is 5.11 Å². The van der Waals surface area contributed by atoms with E-state index in [0.29, 0.717) is 0 Å². The van der Waals surface area contributed by atoms with Crippen LogP contribution in [0.15, 0.2) is 0 Å². The fraction of sp³-hybridized carbons (Fsp3) is 0.842. The molecule has 5 saturated carbocycles. The summed E-state index contributed by atoms with van der Waals surface area (Å²) in [6.07, 6.45) is 9.18. The van der Waals surface area contributed by atoms with E-state index in [1.54, 1.807) is 0 Å². The number of nitrogens with zero attached hydrogens (tertiary/aromatic N) is 1. The second-order valence-corrected chi connectivity index (χ2v) is 8.98. The summed E-state index contributed by atoms with van der Waals surface area (Å²) in [5.74, 6) is 1.13. The largest absolute Gasteiger partial charge is 0.480 e. The van der Waals surface area contributed by atoms with Crippen LogP contribution in [0.4, 0.5) is 4.79 Å². The van der Waals surface area contributed by atoms with Gasteiger partial charge < -0.3 is 20.6 Å². The summed E-state index contributed by atoms with van der Waals surface area (Å²) in [6.45, 7) is 0.00282. The lowest BCUT2D eigenvalue weighted by atomic mass is 9.53. The Morgan fingerprint density at radius 2 is 1.58 bits per heavy atom. The molecule has 3 N–H and O–H groups in total. The summed E-state index contributed by atoms with van der Waals surface area (Å²) in [5.41, 5.74) is -0.0355. The first-order valence-electron chi connectivity index (χ1n) is 10.00. The highest BCUT2D eigenvalue weighted by molar-refractivity contribution is 5.82. The van der Waals surface area contributed by atoms with Crippen LogP contribution in [0.5, 0.6) is 0 Å². The number of hydrogen-bond donors (Lipinski definition) is 3. The minimum absolute atomic E-state index is 0.0355. The summed E-state index contributed by atoms with van der Waals surface area (Å²) in [4.78, 5) is 36.9. The second-order valence-electron chi connectivity index (χ2n) is 8.98. The number of carbonyl (C=O) groups is 3. The molecular formula is C19H29N3O4. The highest BCUT2D eigenvalue weighted by Crippen LogP contribution is 2.55. The predicted octanol–water partition coefficient (Wildman–Crippen LogP) is 1.72. The predicted molar refractivity (Wildman–Crippen MR) is 94.4 cm³/mol. The Balaban J connectivity index is 1.23. The maximum absolute atomic E-state index is 12.4. The highest BCUT2D eigenvalue weighted by Gasteiger charge is 2.51. The molecule has 26 heavy (non-hydrogen) atoms. The number of nitrogens with one attached hydrogen (secondary N) is 2. The van der Waals surface area contributed by atoms with Gasteiger partial charge in [0.2, 0.25) is 5.91 Å². The van der Waals surface area contributed by atoms with Gasteiger partial charge in [0.25, 0.3) is 0 Å². The zero-order chi connectivity index (χ0) is 18.3. The van der Waals surface area contributed by atoms with Crippen molar-refractivity contribution in [2.75, 3.05) is 13.1 Å². The molecule has 0 radical (unpaired) electrons. The summed E-state index contributed by atoms with van der Waals surface area (Å²) >= 11 is 0. The minimum atomic E-state index is -0.988. The van der Waals surface area contributed by atoms with Crippen LogP contribution < -0.4 is 10.6 Å². The van der Waals surface area contributed by atoms with Gasteiger partial charge in [0, 0.05) is 24.5 Å². The lowest BCUT2D eigenvalue weighted by molar-refractivity contribution is -0.144. The molecule has 5 aliphatic carbocycles. The fourth-order valence-corrected chi connectivity index (χ4v) is 5.93. The molecule has 0 aliphatic heterocycles. The zero-order valence-corrected chi connectivity index (χ0v) is 15.2. The first kappa shape index (κ1) is 17.6. The number of amides is 3. The van der Waals surface area contributed by atoms with Gasteiger partial charge in [-0.05, 0) is 69.1 Å². The Bertz CT molecular complexity index is 566. The van der Waals surface area contributed by atoms with E-state index in [1.165, 1.54) is 24.2 Å². The normalized spacial score (nSPS) is 34.4. The zero-order valence-electron chi connectivity index (χ0n) is 15.2. The van der Waals surface area contributed by atoms with Gasteiger partial charge in [0.1, 0.15) is 6.54 Å². The molecule has 0 heterocycles. The van der Waals surface area contributed by atoms with Crippen LogP contribution in [-0.2, 0) is 9.59 Å². The van der Waals surface area contributed by atoms with Gasteiger partial charge in [-0.3, -0.25) is 9.59 Å². The monoisotopic (exact) mass is 363 g/mol. The molecule has 0 atom stereocenters. The Morgan fingerprint density at radius 1 is 1.00 bits per heavy atom. The van der Waals surface area contributed by atoms with Crippen molar-refractivity contribution in [2.45, 2.75) is 69.4 Å². The maximum Gasteiger partial charge on any atom is 0.323 e. The van der Waals surface area contributed by atoms with Gasteiger partial charge in [0.15, 0.2) is 0 Å². The van der Waals surface area contributed by atoms with Gasteiger partial charge in [-0.1, -0.05) is 0 Å². The van der Waals surface area contributed by atoms with E-state index >= 15 is 0 Å². The average Bonchev–Trinajstić information content (AvgIpc) is 3.35. The third-order valence-corrected chi connectivity index (χ3v) is 6.65. The van der Waals surface area contributed by atoms with Crippen molar-refractivity contribution < 1.29 is 19.5 Å². The van der Waals surface area contributed by atoms with Crippen molar-refractivity contribution in [1.29, 1.82) is 0 Å². The highest BCUT2D eigenvalue weighted by atomic mass is 16.4.